The average molecular weight is 403 g/mol. The summed E-state index contributed by atoms with van der Waals surface area (Å²) in [6.07, 6.45) is 9.51. The topological polar surface area (TPSA) is 26.7 Å². The molecule has 3 atom stereocenters. The number of hydrogen-bond donors (Lipinski definition) is 1. The number of hydrogen-bond acceptors (Lipinski definition) is 3. The van der Waals surface area contributed by atoms with Gasteiger partial charge in [0, 0.05) is 31.4 Å². The molecule has 2 fully saturated rings. The molecule has 0 amide bonds. The third-order valence-electron chi connectivity index (χ3n) is 8.74. The van der Waals surface area contributed by atoms with E-state index in [4.69, 9.17) is 0 Å². The Balaban J connectivity index is 1.25. The fourth-order valence-corrected chi connectivity index (χ4v) is 7.25. The molecule has 30 heavy (non-hydrogen) atoms. The number of aliphatic hydroxyl groups excluding tert-OH is 1. The summed E-state index contributed by atoms with van der Waals surface area (Å²) in [5.74, 6) is 0.808. The van der Waals surface area contributed by atoms with E-state index in [-0.39, 0.29) is 11.6 Å². The lowest BCUT2D eigenvalue weighted by Gasteiger charge is -2.50. The van der Waals surface area contributed by atoms with Gasteiger partial charge in [0.25, 0.3) is 0 Å². The number of nitrogens with zero attached hydrogens (tertiary/aromatic N) is 2. The van der Waals surface area contributed by atoms with Gasteiger partial charge in [0.15, 0.2) is 0 Å². The molecule has 3 unspecified atom stereocenters. The van der Waals surface area contributed by atoms with E-state index in [9.17, 15) is 5.11 Å². The molecule has 0 aromatic heterocycles. The minimum absolute atomic E-state index is 0.0782. The first kappa shape index (κ1) is 18.9. The van der Waals surface area contributed by atoms with E-state index in [0.29, 0.717) is 6.04 Å². The Morgan fingerprint density at radius 1 is 0.833 bits per heavy atom. The number of piperidine rings is 1. The normalized spacial score (nSPS) is 30.4. The van der Waals surface area contributed by atoms with E-state index in [1.54, 1.807) is 16.7 Å². The minimum Gasteiger partial charge on any atom is -0.391 e. The molecular weight excluding hydrogens is 368 g/mol. The van der Waals surface area contributed by atoms with Crippen LogP contribution >= 0.6 is 0 Å². The van der Waals surface area contributed by atoms with Crippen LogP contribution in [0.15, 0.2) is 48.5 Å². The maximum absolute atomic E-state index is 11.0. The summed E-state index contributed by atoms with van der Waals surface area (Å²) in [7, 11) is 0. The van der Waals surface area contributed by atoms with Crippen molar-refractivity contribution in [1.82, 2.24) is 4.90 Å². The molecule has 0 radical (unpaired) electrons. The number of benzene rings is 2. The van der Waals surface area contributed by atoms with Crippen molar-refractivity contribution >= 4 is 5.69 Å². The molecule has 2 aromatic carbocycles. The number of anilines is 1. The van der Waals surface area contributed by atoms with Gasteiger partial charge in [-0.1, -0.05) is 36.4 Å². The van der Waals surface area contributed by atoms with Gasteiger partial charge in [-0.3, -0.25) is 4.90 Å². The molecule has 3 heteroatoms. The highest BCUT2D eigenvalue weighted by atomic mass is 16.3. The predicted molar refractivity (Wildman–Crippen MR) is 122 cm³/mol. The summed E-state index contributed by atoms with van der Waals surface area (Å²) in [6.45, 7) is 3.17. The van der Waals surface area contributed by atoms with Crippen LogP contribution in [0, 0.1) is 0 Å². The van der Waals surface area contributed by atoms with Crippen LogP contribution in [0.1, 0.15) is 73.6 Å². The summed E-state index contributed by atoms with van der Waals surface area (Å²) in [5, 5.41) is 11.0. The molecular formula is C27H34N2O. The van der Waals surface area contributed by atoms with Gasteiger partial charge in [-0.15, -0.1) is 0 Å². The van der Waals surface area contributed by atoms with Crippen LogP contribution in [0.25, 0.3) is 0 Å². The zero-order valence-electron chi connectivity index (χ0n) is 18.0. The lowest BCUT2D eigenvalue weighted by Crippen LogP contribution is -2.58. The first-order valence-corrected chi connectivity index (χ1v) is 12.1. The Kier molecular flexibility index (Phi) is 4.65. The molecule has 2 aliphatic carbocycles. The summed E-state index contributed by atoms with van der Waals surface area (Å²) >= 11 is 0. The number of rotatable bonds is 2. The predicted octanol–water partition coefficient (Wildman–Crippen LogP) is 5.05. The molecule has 1 spiro atoms. The molecule has 2 aliphatic heterocycles. The maximum Gasteiger partial charge on any atom is 0.0789 e. The molecule has 6 rings (SSSR count). The fourth-order valence-electron chi connectivity index (χ4n) is 7.25. The van der Waals surface area contributed by atoms with Crippen LogP contribution in [0.3, 0.4) is 0 Å². The summed E-state index contributed by atoms with van der Waals surface area (Å²) < 4.78 is 0. The summed E-state index contributed by atoms with van der Waals surface area (Å²) in [6, 6.07) is 18.4. The van der Waals surface area contributed by atoms with Gasteiger partial charge in [-0.25, -0.2) is 0 Å². The number of para-hydroxylation sites is 1. The van der Waals surface area contributed by atoms with Crippen LogP contribution in [-0.2, 0) is 6.42 Å². The Morgan fingerprint density at radius 3 is 2.50 bits per heavy atom. The van der Waals surface area contributed by atoms with Crippen LogP contribution in [-0.4, -0.2) is 41.3 Å². The molecule has 158 valence electrons. The first-order valence-electron chi connectivity index (χ1n) is 12.1. The summed E-state index contributed by atoms with van der Waals surface area (Å²) in [4.78, 5) is 5.27. The van der Waals surface area contributed by atoms with E-state index >= 15 is 0 Å². The molecule has 3 nitrogen and oxygen atoms in total. The van der Waals surface area contributed by atoms with Gasteiger partial charge in [-0.2, -0.15) is 0 Å². The highest BCUT2D eigenvalue weighted by molar-refractivity contribution is 5.51. The van der Waals surface area contributed by atoms with E-state index in [1.165, 1.54) is 37.8 Å². The fraction of sp³-hybridized carbons (Fsp3) is 0.556. The van der Waals surface area contributed by atoms with Crippen molar-refractivity contribution in [2.24, 2.45) is 0 Å². The van der Waals surface area contributed by atoms with Crippen molar-refractivity contribution in [3.63, 3.8) is 0 Å². The van der Waals surface area contributed by atoms with Crippen molar-refractivity contribution in [2.45, 2.75) is 75.0 Å². The smallest absolute Gasteiger partial charge is 0.0789 e. The van der Waals surface area contributed by atoms with Gasteiger partial charge in [-0.05, 0) is 86.1 Å². The Bertz CT molecular complexity index is 902. The molecule has 1 N–H and O–H groups in total. The Labute approximate surface area is 180 Å². The van der Waals surface area contributed by atoms with Crippen LogP contribution in [0.5, 0.6) is 0 Å². The van der Waals surface area contributed by atoms with Crippen LogP contribution in [0.2, 0.25) is 0 Å². The van der Waals surface area contributed by atoms with Crippen LogP contribution in [0.4, 0.5) is 5.69 Å². The highest BCUT2D eigenvalue weighted by Crippen LogP contribution is 2.49. The average Bonchev–Trinajstić information content (AvgIpc) is 3.11. The summed E-state index contributed by atoms with van der Waals surface area (Å²) in [5.41, 5.74) is 6.17. The number of aryl methyl sites for hydroxylation is 1. The zero-order chi connectivity index (χ0) is 20.1. The zero-order valence-corrected chi connectivity index (χ0v) is 18.0. The Hall–Kier alpha value is -1.84. The Morgan fingerprint density at radius 2 is 1.67 bits per heavy atom. The molecule has 2 aromatic rings. The second kappa shape index (κ2) is 7.39. The van der Waals surface area contributed by atoms with Gasteiger partial charge in [0.05, 0.1) is 11.6 Å². The van der Waals surface area contributed by atoms with E-state index in [1.807, 2.05) is 0 Å². The SMILES string of the molecule is OC1CCN(c2ccccc2)C12CCN(C1CCC3CCCc4cccc1c43)CC2. The largest absolute Gasteiger partial charge is 0.391 e. The second-order valence-electron chi connectivity index (χ2n) is 10.0. The lowest BCUT2D eigenvalue weighted by molar-refractivity contribution is 0.0370. The van der Waals surface area contributed by atoms with Gasteiger partial charge in [0.1, 0.15) is 0 Å². The van der Waals surface area contributed by atoms with Crippen molar-refractivity contribution < 1.29 is 5.11 Å². The standard InChI is InChI=1S/C27H34N2O/c30-25-14-17-29(22-9-2-1-3-10-22)27(25)15-18-28(19-16-27)24-13-12-21-7-4-6-20-8-5-11-23(24)26(20)21/h1-3,5,8-11,21,24-25,30H,4,6-7,12-19H2. The van der Waals surface area contributed by atoms with Crippen molar-refractivity contribution in [3.8, 4) is 0 Å². The van der Waals surface area contributed by atoms with Crippen molar-refractivity contribution in [1.29, 1.82) is 0 Å². The molecule has 2 saturated heterocycles. The highest BCUT2D eigenvalue weighted by Gasteiger charge is 2.50. The molecule has 2 heterocycles. The first-order chi connectivity index (χ1) is 14.8. The number of aliphatic hydroxyl groups is 1. The quantitative estimate of drug-likeness (QED) is 0.762. The maximum atomic E-state index is 11.0. The number of likely N-dealkylation sites (tertiary alicyclic amines) is 1. The lowest BCUT2D eigenvalue weighted by atomic mass is 9.71. The monoisotopic (exact) mass is 402 g/mol. The van der Waals surface area contributed by atoms with Crippen LogP contribution < -0.4 is 4.90 Å². The van der Waals surface area contributed by atoms with E-state index in [0.717, 1.165) is 44.8 Å². The van der Waals surface area contributed by atoms with Gasteiger partial charge in [0.2, 0.25) is 0 Å². The molecule has 0 bridgehead atoms. The van der Waals surface area contributed by atoms with E-state index < -0.39 is 0 Å². The minimum atomic E-state index is -0.208. The molecule has 4 aliphatic rings. The van der Waals surface area contributed by atoms with E-state index in [2.05, 4.69) is 58.3 Å². The van der Waals surface area contributed by atoms with Crippen molar-refractivity contribution in [2.75, 3.05) is 24.5 Å². The second-order valence-corrected chi connectivity index (χ2v) is 10.0. The van der Waals surface area contributed by atoms with Gasteiger partial charge < -0.3 is 10.0 Å². The third-order valence-corrected chi connectivity index (χ3v) is 8.74. The van der Waals surface area contributed by atoms with Gasteiger partial charge >= 0.3 is 0 Å². The van der Waals surface area contributed by atoms with Crippen molar-refractivity contribution in [3.05, 3.63) is 65.2 Å². The third kappa shape index (κ3) is 2.85. The molecule has 0 saturated carbocycles.